The Kier molecular flexibility index (Phi) is 7.80. The number of carbonyl (C=O) groups is 1. The number of piperazine rings is 1. The van der Waals surface area contributed by atoms with Crippen molar-refractivity contribution in [3.63, 3.8) is 0 Å². The van der Waals surface area contributed by atoms with Gasteiger partial charge in [0.2, 0.25) is 5.95 Å². The van der Waals surface area contributed by atoms with Crippen LogP contribution in [0.2, 0.25) is 0 Å². The van der Waals surface area contributed by atoms with Crippen LogP contribution in [0.4, 0.5) is 16.0 Å². The summed E-state index contributed by atoms with van der Waals surface area (Å²) < 4.78 is 14.9. The van der Waals surface area contributed by atoms with Gasteiger partial charge in [-0.3, -0.25) is 4.79 Å². The molecule has 1 atom stereocenters. The van der Waals surface area contributed by atoms with Crippen LogP contribution in [-0.2, 0) is 12.8 Å². The molecule has 1 amide bonds. The molecule has 1 aliphatic carbocycles. The topological polar surface area (TPSA) is 64.6 Å². The monoisotopic (exact) mass is 578 g/mol. The molecule has 4 aromatic rings. The summed E-state index contributed by atoms with van der Waals surface area (Å²) in [6.45, 7) is 5.26. The predicted octanol–water partition coefficient (Wildman–Crippen LogP) is 5.91. The van der Waals surface area contributed by atoms with Crippen molar-refractivity contribution in [3.8, 4) is 11.1 Å². The Hall–Kier alpha value is -3.88. The molecule has 1 aromatic heterocycles. The minimum atomic E-state index is -0.500. The number of hydrogen-bond acceptors (Lipinski definition) is 6. The number of para-hydroxylation sites is 1. The predicted molar refractivity (Wildman–Crippen MR) is 169 cm³/mol. The lowest BCUT2D eigenvalue weighted by Gasteiger charge is -2.32. The first kappa shape index (κ1) is 27.9. The Morgan fingerprint density at radius 3 is 2.51 bits per heavy atom. The first-order chi connectivity index (χ1) is 21.0. The molecule has 3 aliphatic rings. The molecule has 0 bridgehead atoms. The van der Waals surface area contributed by atoms with Gasteiger partial charge in [-0.05, 0) is 99.6 Å². The molecule has 0 saturated carbocycles. The maximum Gasteiger partial charge on any atom is 0.256 e. The highest BCUT2D eigenvalue weighted by Gasteiger charge is 2.25. The molecule has 43 heavy (non-hydrogen) atoms. The summed E-state index contributed by atoms with van der Waals surface area (Å²) in [5.41, 5.74) is 6.30. The van der Waals surface area contributed by atoms with Crippen molar-refractivity contribution in [1.29, 1.82) is 0 Å². The number of likely N-dealkylation sites (tertiary alicyclic amines) is 1. The molecule has 0 spiro atoms. The number of nitrogens with one attached hydrogen (secondary N) is 1. The number of carbonyl (C=O) groups excluding carboxylic acids is 1. The van der Waals surface area contributed by atoms with Gasteiger partial charge in [-0.25, -0.2) is 14.4 Å². The number of fused-ring (bicyclic) bond motifs is 2. The van der Waals surface area contributed by atoms with Gasteiger partial charge < -0.3 is 20.0 Å². The molecule has 2 saturated heterocycles. The van der Waals surface area contributed by atoms with Crippen molar-refractivity contribution in [2.45, 2.75) is 44.6 Å². The molecule has 1 N–H and O–H groups in total. The molecule has 3 heterocycles. The zero-order valence-electron chi connectivity index (χ0n) is 24.9. The molecule has 7 nitrogen and oxygen atoms in total. The van der Waals surface area contributed by atoms with Crippen LogP contribution in [0, 0.1) is 5.82 Å². The molecule has 8 heteroatoms. The maximum absolute atomic E-state index is 14.9. The third-order valence-corrected chi connectivity index (χ3v) is 9.52. The van der Waals surface area contributed by atoms with Crippen LogP contribution in [-0.4, -0.2) is 82.9 Å². The standard InChI is InChI=1S/C35H39FN6O/c1-40-17-19-42(20-18-40)34(43)31-22-26(10-14-32(31)36)30-6-4-5-27-23-37-35(39-33(27)30)38-28-11-7-24-8-12-29(13-9-25(24)21-28)41-15-2-3-16-41/h4-7,10-11,14,21-23,29H,2-3,8-9,12-13,15-20H2,1H3,(H,37,38,39)/t29-/m0/s1. The zero-order valence-corrected chi connectivity index (χ0v) is 24.9. The van der Waals surface area contributed by atoms with E-state index >= 15 is 0 Å². The van der Waals surface area contributed by atoms with Gasteiger partial charge in [-0.15, -0.1) is 0 Å². The van der Waals surface area contributed by atoms with Gasteiger partial charge in [0.1, 0.15) is 5.82 Å². The minimum Gasteiger partial charge on any atom is -0.336 e. The first-order valence-electron chi connectivity index (χ1n) is 15.7. The molecule has 3 aromatic carbocycles. The van der Waals surface area contributed by atoms with Crippen molar-refractivity contribution in [1.82, 2.24) is 24.7 Å². The molecule has 2 fully saturated rings. The van der Waals surface area contributed by atoms with Gasteiger partial charge in [0.05, 0.1) is 11.1 Å². The number of likely N-dealkylation sites (N-methyl/N-ethyl adjacent to an activating group) is 1. The number of aryl methyl sites for hydroxylation is 2. The second kappa shape index (κ2) is 12.0. The van der Waals surface area contributed by atoms with Crippen LogP contribution in [0.25, 0.3) is 22.0 Å². The van der Waals surface area contributed by atoms with Crippen LogP contribution in [0.5, 0.6) is 0 Å². The second-order valence-corrected chi connectivity index (χ2v) is 12.3. The van der Waals surface area contributed by atoms with E-state index in [-0.39, 0.29) is 11.5 Å². The maximum atomic E-state index is 14.9. The van der Waals surface area contributed by atoms with Gasteiger partial charge >= 0.3 is 0 Å². The fourth-order valence-electron chi connectivity index (χ4n) is 6.96. The minimum absolute atomic E-state index is 0.100. The summed E-state index contributed by atoms with van der Waals surface area (Å²) in [5, 5.41) is 4.32. The number of anilines is 2. The summed E-state index contributed by atoms with van der Waals surface area (Å²) in [5.74, 6) is -0.251. The average Bonchev–Trinajstić information content (AvgIpc) is 3.49. The Balaban J connectivity index is 1.14. The van der Waals surface area contributed by atoms with E-state index in [2.05, 4.69) is 38.3 Å². The number of halogens is 1. The zero-order chi connectivity index (χ0) is 29.3. The van der Waals surface area contributed by atoms with Gasteiger partial charge in [0, 0.05) is 55.1 Å². The fraction of sp³-hybridized carbons (Fsp3) is 0.400. The van der Waals surface area contributed by atoms with Gasteiger partial charge in [0.15, 0.2) is 0 Å². The Labute approximate surface area is 252 Å². The average molecular weight is 579 g/mol. The van der Waals surface area contributed by atoms with Gasteiger partial charge in [0.25, 0.3) is 5.91 Å². The van der Waals surface area contributed by atoms with E-state index in [1.807, 2.05) is 31.4 Å². The summed E-state index contributed by atoms with van der Waals surface area (Å²) in [6.07, 6.45) is 9.16. The highest BCUT2D eigenvalue weighted by molar-refractivity contribution is 5.98. The Morgan fingerprint density at radius 2 is 1.70 bits per heavy atom. The molecule has 2 aliphatic heterocycles. The quantitative estimate of drug-likeness (QED) is 0.297. The van der Waals surface area contributed by atoms with Crippen LogP contribution in [0.15, 0.2) is 60.8 Å². The van der Waals surface area contributed by atoms with E-state index in [0.29, 0.717) is 25.1 Å². The number of hydrogen-bond donors (Lipinski definition) is 1. The summed E-state index contributed by atoms with van der Waals surface area (Å²) in [7, 11) is 2.03. The number of amides is 1. The number of benzene rings is 3. The number of nitrogens with zero attached hydrogens (tertiary/aromatic N) is 5. The van der Waals surface area contributed by atoms with Crippen molar-refractivity contribution >= 4 is 28.4 Å². The highest BCUT2D eigenvalue weighted by Crippen LogP contribution is 2.32. The van der Waals surface area contributed by atoms with Crippen LogP contribution < -0.4 is 5.32 Å². The number of aromatic nitrogens is 2. The Morgan fingerprint density at radius 1 is 0.907 bits per heavy atom. The molecular weight excluding hydrogens is 539 g/mol. The summed E-state index contributed by atoms with van der Waals surface area (Å²) in [6, 6.07) is 18.0. The first-order valence-corrected chi connectivity index (χ1v) is 15.7. The largest absolute Gasteiger partial charge is 0.336 e. The third-order valence-electron chi connectivity index (χ3n) is 9.52. The van der Waals surface area contributed by atoms with Gasteiger partial charge in [-0.2, -0.15) is 0 Å². The summed E-state index contributed by atoms with van der Waals surface area (Å²) in [4.78, 5) is 29.4. The Bertz CT molecular complexity index is 1640. The van der Waals surface area contributed by atoms with Crippen LogP contribution in [0.1, 0.15) is 47.2 Å². The normalized spacial score (nSPS) is 19.8. The summed E-state index contributed by atoms with van der Waals surface area (Å²) >= 11 is 0. The molecule has 7 rings (SSSR count). The van der Waals surface area contributed by atoms with Gasteiger partial charge in [-0.1, -0.05) is 30.3 Å². The van der Waals surface area contributed by atoms with Crippen molar-refractivity contribution in [2.75, 3.05) is 51.6 Å². The van der Waals surface area contributed by atoms with Crippen molar-refractivity contribution in [3.05, 3.63) is 83.3 Å². The van der Waals surface area contributed by atoms with E-state index in [1.165, 1.54) is 56.0 Å². The van der Waals surface area contributed by atoms with Crippen LogP contribution in [0.3, 0.4) is 0 Å². The molecular formula is C35H39FN6O. The third kappa shape index (κ3) is 5.86. The van der Waals surface area contributed by atoms with E-state index in [9.17, 15) is 9.18 Å². The molecule has 0 unspecified atom stereocenters. The van der Waals surface area contributed by atoms with Crippen LogP contribution >= 0.6 is 0 Å². The molecule has 222 valence electrons. The van der Waals surface area contributed by atoms with Crippen molar-refractivity contribution in [2.24, 2.45) is 0 Å². The SMILES string of the molecule is CN1CCN(C(=O)c2cc(-c3cccc4cnc(Nc5ccc6c(c5)CC[C@@H](N5CCCC5)CC6)nc34)ccc2F)CC1. The van der Waals surface area contributed by atoms with E-state index in [0.717, 1.165) is 53.6 Å². The highest BCUT2D eigenvalue weighted by atomic mass is 19.1. The molecule has 0 radical (unpaired) electrons. The lowest BCUT2D eigenvalue weighted by molar-refractivity contribution is 0.0659. The number of rotatable bonds is 5. The second-order valence-electron chi connectivity index (χ2n) is 12.3. The lowest BCUT2D eigenvalue weighted by atomic mass is 9.99. The van der Waals surface area contributed by atoms with Crippen molar-refractivity contribution < 1.29 is 9.18 Å². The van der Waals surface area contributed by atoms with E-state index in [4.69, 9.17) is 4.98 Å². The fourth-order valence-corrected chi connectivity index (χ4v) is 6.96. The smallest absolute Gasteiger partial charge is 0.256 e. The van der Waals surface area contributed by atoms with E-state index < -0.39 is 5.82 Å². The lowest BCUT2D eigenvalue weighted by Crippen LogP contribution is -2.47. The van der Waals surface area contributed by atoms with E-state index in [1.54, 1.807) is 17.0 Å².